The second-order valence-corrected chi connectivity index (χ2v) is 8.23. The van der Waals surface area contributed by atoms with Crippen molar-refractivity contribution in [3.8, 4) is 0 Å². The molecule has 1 N–H and O–H groups in total. The molecular formula is C11H14ClNO4S2. The first-order valence-corrected chi connectivity index (χ1v) is 8.49. The van der Waals surface area contributed by atoms with Gasteiger partial charge in [0.1, 0.15) is 9.75 Å². The van der Waals surface area contributed by atoms with Crippen LogP contribution in [0.5, 0.6) is 0 Å². The molecule has 8 heteroatoms. The molecule has 19 heavy (non-hydrogen) atoms. The predicted octanol–water partition coefficient (Wildman–Crippen LogP) is 2.42. The molecule has 1 saturated heterocycles. The van der Waals surface area contributed by atoms with Crippen molar-refractivity contribution in [2.75, 3.05) is 6.54 Å². The Morgan fingerprint density at radius 2 is 2.26 bits per heavy atom. The molecule has 0 aromatic carbocycles. The smallest absolute Gasteiger partial charge is 0.325 e. The third kappa shape index (κ3) is 2.29. The standard InChI is InChI=1S/C11H14ClNO4S2/c1-2-11(10(14)15)6-3-7-13(11)19(16,17)9-5-4-8(12)18-9/h4-5H,2-3,6-7H2,1H3,(H,14,15). The molecule has 0 spiro atoms. The van der Waals surface area contributed by atoms with Crippen molar-refractivity contribution in [2.45, 2.75) is 35.9 Å². The highest BCUT2D eigenvalue weighted by molar-refractivity contribution is 7.91. The predicted molar refractivity (Wildman–Crippen MR) is 73.1 cm³/mol. The van der Waals surface area contributed by atoms with E-state index in [4.69, 9.17) is 11.6 Å². The number of carboxylic acids is 1. The van der Waals surface area contributed by atoms with Crippen LogP contribution in [0.15, 0.2) is 16.3 Å². The van der Waals surface area contributed by atoms with E-state index in [9.17, 15) is 18.3 Å². The number of carboxylic acid groups (broad SMARTS) is 1. The number of rotatable bonds is 4. The van der Waals surface area contributed by atoms with Gasteiger partial charge in [-0.15, -0.1) is 11.3 Å². The largest absolute Gasteiger partial charge is 0.480 e. The van der Waals surface area contributed by atoms with E-state index in [2.05, 4.69) is 0 Å². The number of hydrogen-bond donors (Lipinski definition) is 1. The zero-order valence-corrected chi connectivity index (χ0v) is 12.7. The van der Waals surface area contributed by atoms with E-state index in [0.29, 0.717) is 17.2 Å². The Kier molecular flexibility index (Phi) is 3.92. The van der Waals surface area contributed by atoms with Crippen LogP contribution in [-0.2, 0) is 14.8 Å². The van der Waals surface area contributed by atoms with Crippen molar-refractivity contribution < 1.29 is 18.3 Å². The summed E-state index contributed by atoms with van der Waals surface area (Å²) >= 11 is 6.71. The van der Waals surface area contributed by atoms with Gasteiger partial charge < -0.3 is 5.11 Å². The summed E-state index contributed by atoms with van der Waals surface area (Å²) in [7, 11) is -3.80. The Balaban J connectivity index is 2.48. The molecule has 0 aliphatic carbocycles. The van der Waals surface area contributed by atoms with E-state index in [0.717, 1.165) is 15.6 Å². The van der Waals surface area contributed by atoms with Crippen LogP contribution in [0.4, 0.5) is 0 Å². The van der Waals surface area contributed by atoms with Gasteiger partial charge >= 0.3 is 5.97 Å². The minimum absolute atomic E-state index is 0.0958. The first-order valence-electron chi connectivity index (χ1n) is 5.86. The Morgan fingerprint density at radius 3 is 2.74 bits per heavy atom. The lowest BCUT2D eigenvalue weighted by molar-refractivity contribution is -0.147. The van der Waals surface area contributed by atoms with Crippen molar-refractivity contribution >= 4 is 38.9 Å². The normalized spacial score (nSPS) is 24.7. The average Bonchev–Trinajstić information content (AvgIpc) is 2.95. The van der Waals surface area contributed by atoms with E-state index in [1.807, 2.05) is 0 Å². The minimum Gasteiger partial charge on any atom is -0.480 e. The molecule has 0 saturated carbocycles. The van der Waals surface area contributed by atoms with Gasteiger partial charge in [-0.2, -0.15) is 4.31 Å². The summed E-state index contributed by atoms with van der Waals surface area (Å²) in [5, 5.41) is 9.42. The molecule has 1 atom stereocenters. The molecule has 1 fully saturated rings. The van der Waals surface area contributed by atoms with Crippen molar-refractivity contribution in [1.82, 2.24) is 4.31 Å². The van der Waals surface area contributed by atoms with Crippen LogP contribution in [0.25, 0.3) is 0 Å². The van der Waals surface area contributed by atoms with Crippen LogP contribution in [0.3, 0.4) is 0 Å². The Labute approximate surface area is 120 Å². The maximum Gasteiger partial charge on any atom is 0.325 e. The molecular weight excluding hydrogens is 310 g/mol. The fraction of sp³-hybridized carbons (Fsp3) is 0.545. The monoisotopic (exact) mass is 323 g/mol. The number of nitrogens with zero attached hydrogens (tertiary/aromatic N) is 1. The third-order valence-corrected chi connectivity index (χ3v) is 7.17. The average molecular weight is 324 g/mol. The number of hydrogen-bond acceptors (Lipinski definition) is 4. The molecule has 1 aromatic heterocycles. The highest BCUT2D eigenvalue weighted by Gasteiger charge is 2.52. The lowest BCUT2D eigenvalue weighted by Crippen LogP contribution is -2.52. The molecule has 1 unspecified atom stereocenters. The van der Waals surface area contributed by atoms with Crippen molar-refractivity contribution in [3.05, 3.63) is 16.5 Å². The molecule has 1 aromatic rings. The first kappa shape index (κ1) is 14.8. The van der Waals surface area contributed by atoms with Crippen molar-refractivity contribution in [2.24, 2.45) is 0 Å². The zero-order valence-electron chi connectivity index (χ0n) is 10.3. The fourth-order valence-electron chi connectivity index (χ4n) is 2.47. The molecule has 0 bridgehead atoms. The molecule has 106 valence electrons. The summed E-state index contributed by atoms with van der Waals surface area (Å²) in [4.78, 5) is 11.5. The van der Waals surface area contributed by atoms with Gasteiger partial charge in [0.25, 0.3) is 10.0 Å². The SMILES string of the molecule is CCC1(C(=O)O)CCCN1S(=O)(=O)c1ccc(Cl)s1. The quantitative estimate of drug-likeness (QED) is 0.923. The highest BCUT2D eigenvalue weighted by atomic mass is 35.5. The lowest BCUT2D eigenvalue weighted by Gasteiger charge is -2.32. The van der Waals surface area contributed by atoms with E-state index in [-0.39, 0.29) is 17.2 Å². The first-order chi connectivity index (χ1) is 8.84. The van der Waals surface area contributed by atoms with Crippen LogP contribution in [0.2, 0.25) is 4.34 Å². The van der Waals surface area contributed by atoms with Gasteiger partial charge in [-0.1, -0.05) is 18.5 Å². The van der Waals surface area contributed by atoms with Crippen LogP contribution in [0, 0.1) is 0 Å². The van der Waals surface area contributed by atoms with Crippen LogP contribution in [-0.4, -0.2) is 35.9 Å². The molecule has 2 heterocycles. The van der Waals surface area contributed by atoms with Gasteiger partial charge in [-0.25, -0.2) is 8.42 Å². The molecule has 2 rings (SSSR count). The van der Waals surface area contributed by atoms with E-state index in [1.54, 1.807) is 6.92 Å². The summed E-state index contributed by atoms with van der Waals surface area (Å²) in [6, 6.07) is 2.92. The van der Waals surface area contributed by atoms with Crippen LogP contribution >= 0.6 is 22.9 Å². The van der Waals surface area contributed by atoms with Gasteiger partial charge in [0.2, 0.25) is 0 Å². The highest BCUT2D eigenvalue weighted by Crippen LogP contribution is 2.39. The second kappa shape index (κ2) is 5.05. The summed E-state index contributed by atoms with van der Waals surface area (Å²) in [5.74, 6) is -1.08. The maximum atomic E-state index is 12.5. The van der Waals surface area contributed by atoms with Gasteiger partial charge in [-0.3, -0.25) is 4.79 Å². The van der Waals surface area contributed by atoms with Gasteiger partial charge in [0.05, 0.1) is 4.34 Å². The minimum atomic E-state index is -3.80. The second-order valence-electron chi connectivity index (χ2n) is 4.43. The number of sulfonamides is 1. The molecule has 1 aliphatic heterocycles. The lowest BCUT2D eigenvalue weighted by atomic mass is 9.95. The topological polar surface area (TPSA) is 74.7 Å². The molecule has 1 aliphatic rings. The van der Waals surface area contributed by atoms with E-state index in [1.165, 1.54) is 12.1 Å². The summed E-state index contributed by atoms with van der Waals surface area (Å²) < 4.78 is 26.7. The number of carbonyl (C=O) groups is 1. The summed E-state index contributed by atoms with van der Waals surface area (Å²) in [6.07, 6.45) is 1.15. The zero-order chi connectivity index (χ0) is 14.3. The van der Waals surface area contributed by atoms with Crippen molar-refractivity contribution in [3.63, 3.8) is 0 Å². The Morgan fingerprint density at radius 1 is 1.58 bits per heavy atom. The third-order valence-electron chi connectivity index (χ3n) is 3.50. The molecule has 0 amide bonds. The molecule has 0 radical (unpaired) electrons. The fourth-order valence-corrected chi connectivity index (χ4v) is 5.93. The molecule has 5 nitrogen and oxygen atoms in total. The van der Waals surface area contributed by atoms with Crippen LogP contribution in [0.1, 0.15) is 26.2 Å². The van der Waals surface area contributed by atoms with E-state index < -0.39 is 21.5 Å². The van der Waals surface area contributed by atoms with Gasteiger partial charge in [0, 0.05) is 6.54 Å². The summed E-state index contributed by atoms with van der Waals surface area (Å²) in [6.45, 7) is 1.93. The summed E-state index contributed by atoms with van der Waals surface area (Å²) in [5.41, 5.74) is -1.32. The Hall–Kier alpha value is -0.630. The van der Waals surface area contributed by atoms with E-state index >= 15 is 0 Å². The van der Waals surface area contributed by atoms with Gasteiger partial charge in [-0.05, 0) is 31.4 Å². The van der Waals surface area contributed by atoms with Gasteiger partial charge in [0.15, 0.2) is 0 Å². The maximum absolute atomic E-state index is 12.5. The number of halogens is 1. The van der Waals surface area contributed by atoms with Crippen molar-refractivity contribution in [1.29, 1.82) is 0 Å². The number of thiophene rings is 1. The Bertz CT molecular complexity index is 598. The number of aliphatic carboxylic acids is 1. The van der Waals surface area contributed by atoms with Crippen LogP contribution < -0.4 is 0 Å².